The van der Waals surface area contributed by atoms with E-state index in [1.54, 1.807) is 13.8 Å². The molecule has 1 aromatic carbocycles. The zero-order valence-electron chi connectivity index (χ0n) is 12.2. The lowest BCUT2D eigenvalue weighted by Gasteiger charge is -2.27. The monoisotopic (exact) mass is 311 g/mol. The maximum Gasteiger partial charge on any atom is 0.416 e. The third kappa shape index (κ3) is 3.27. The van der Waals surface area contributed by atoms with Gasteiger partial charge in [0.15, 0.2) is 6.10 Å². The molecule has 0 aromatic heterocycles. The minimum absolute atomic E-state index is 0. The molecule has 6 heteroatoms. The molecule has 0 fully saturated rings. The molecule has 0 unspecified atom stereocenters. The summed E-state index contributed by atoms with van der Waals surface area (Å²) in [6.07, 6.45) is -7.27. The Morgan fingerprint density at radius 3 is 1.45 bits per heavy atom. The standard InChI is InChI=1S/C14H20F3NO.ClH/c1-6-7(2)9(4)11(10(5)8(6)3)12(18)13(19)14(15,16)17;/h12-13,19H,18H2,1-5H3;1H/t12-,13-;/m1./s1. The van der Waals surface area contributed by atoms with Crippen LogP contribution in [0.3, 0.4) is 0 Å². The summed E-state index contributed by atoms with van der Waals surface area (Å²) in [7, 11) is 0. The van der Waals surface area contributed by atoms with Crippen LogP contribution in [0.4, 0.5) is 13.2 Å². The van der Waals surface area contributed by atoms with Crippen LogP contribution in [0.5, 0.6) is 0 Å². The van der Waals surface area contributed by atoms with Crippen molar-refractivity contribution in [3.8, 4) is 0 Å². The highest BCUT2D eigenvalue weighted by Gasteiger charge is 2.43. The fourth-order valence-corrected chi connectivity index (χ4v) is 2.39. The van der Waals surface area contributed by atoms with Gasteiger partial charge >= 0.3 is 6.18 Å². The summed E-state index contributed by atoms with van der Waals surface area (Å²) in [5, 5.41) is 9.36. The van der Waals surface area contributed by atoms with Gasteiger partial charge in [0, 0.05) is 0 Å². The lowest BCUT2D eigenvalue weighted by molar-refractivity contribution is -0.210. The molecule has 0 aliphatic rings. The highest BCUT2D eigenvalue weighted by atomic mass is 35.5. The summed E-state index contributed by atoms with van der Waals surface area (Å²) in [6, 6.07) is -1.46. The first kappa shape index (κ1) is 19.2. The van der Waals surface area contributed by atoms with E-state index in [1.165, 1.54) is 0 Å². The molecule has 2 atom stereocenters. The van der Waals surface area contributed by atoms with Crippen molar-refractivity contribution in [2.75, 3.05) is 0 Å². The molecule has 0 radical (unpaired) electrons. The second-order valence-electron chi connectivity index (χ2n) is 5.05. The van der Waals surface area contributed by atoms with Gasteiger partial charge in [0.2, 0.25) is 0 Å². The maximum absolute atomic E-state index is 12.6. The number of alkyl halides is 3. The van der Waals surface area contributed by atoms with Crippen LogP contribution in [-0.4, -0.2) is 17.4 Å². The molecule has 0 saturated heterocycles. The summed E-state index contributed by atoms with van der Waals surface area (Å²) in [4.78, 5) is 0. The van der Waals surface area contributed by atoms with Crippen LogP contribution in [0.1, 0.15) is 39.4 Å². The average molecular weight is 312 g/mol. The molecule has 2 nitrogen and oxygen atoms in total. The van der Waals surface area contributed by atoms with Crippen LogP contribution in [-0.2, 0) is 0 Å². The van der Waals surface area contributed by atoms with Gasteiger partial charge in [0.1, 0.15) is 0 Å². The van der Waals surface area contributed by atoms with Gasteiger partial charge in [0.25, 0.3) is 0 Å². The van der Waals surface area contributed by atoms with E-state index in [0.717, 1.165) is 27.8 Å². The van der Waals surface area contributed by atoms with Crippen molar-refractivity contribution in [1.29, 1.82) is 0 Å². The van der Waals surface area contributed by atoms with Gasteiger partial charge in [-0.2, -0.15) is 13.2 Å². The first-order valence-electron chi connectivity index (χ1n) is 6.07. The fraction of sp³-hybridized carbons (Fsp3) is 0.571. The van der Waals surface area contributed by atoms with Crippen LogP contribution in [0.25, 0.3) is 0 Å². The van der Waals surface area contributed by atoms with E-state index in [9.17, 15) is 18.3 Å². The van der Waals surface area contributed by atoms with Gasteiger partial charge in [-0.25, -0.2) is 0 Å². The molecule has 1 aromatic rings. The van der Waals surface area contributed by atoms with Crippen molar-refractivity contribution in [1.82, 2.24) is 0 Å². The molecule has 0 spiro atoms. The van der Waals surface area contributed by atoms with E-state index in [0.29, 0.717) is 5.56 Å². The molecular formula is C14H21ClF3NO. The Labute approximate surface area is 123 Å². The lowest BCUT2D eigenvalue weighted by Crippen LogP contribution is -2.39. The maximum atomic E-state index is 12.6. The number of rotatable bonds is 2. The number of hydrogen-bond donors (Lipinski definition) is 2. The van der Waals surface area contributed by atoms with Crippen molar-refractivity contribution in [3.63, 3.8) is 0 Å². The molecule has 0 bridgehead atoms. The van der Waals surface area contributed by atoms with Crippen molar-refractivity contribution in [2.24, 2.45) is 5.73 Å². The predicted molar refractivity (Wildman–Crippen MR) is 76.4 cm³/mol. The first-order valence-corrected chi connectivity index (χ1v) is 6.07. The molecule has 0 amide bonds. The van der Waals surface area contributed by atoms with Gasteiger partial charge in [-0.3, -0.25) is 0 Å². The summed E-state index contributed by atoms with van der Waals surface area (Å²) in [6.45, 7) is 9.13. The SMILES string of the molecule is Cc1c(C)c(C)c([C@@H](N)[C@@H](O)C(F)(F)F)c(C)c1C.Cl. The van der Waals surface area contributed by atoms with Crippen molar-refractivity contribution in [2.45, 2.75) is 52.9 Å². The fourth-order valence-electron chi connectivity index (χ4n) is 2.39. The van der Waals surface area contributed by atoms with E-state index in [2.05, 4.69) is 0 Å². The molecule has 20 heavy (non-hydrogen) atoms. The largest absolute Gasteiger partial charge is 0.416 e. The van der Waals surface area contributed by atoms with E-state index in [-0.39, 0.29) is 12.4 Å². The Balaban J connectivity index is 0.00000361. The number of benzene rings is 1. The second kappa shape index (κ2) is 6.33. The van der Waals surface area contributed by atoms with Crippen molar-refractivity contribution < 1.29 is 18.3 Å². The Hall–Kier alpha value is -0.780. The van der Waals surface area contributed by atoms with Crippen LogP contribution in [0, 0.1) is 34.6 Å². The summed E-state index contributed by atoms with van der Waals surface area (Å²) in [5.74, 6) is 0. The van der Waals surface area contributed by atoms with Gasteiger partial charge in [-0.15, -0.1) is 12.4 Å². The van der Waals surface area contributed by atoms with E-state index >= 15 is 0 Å². The summed E-state index contributed by atoms with van der Waals surface area (Å²) in [5.41, 5.74) is 10.4. The van der Waals surface area contributed by atoms with Crippen LogP contribution >= 0.6 is 12.4 Å². The molecule has 116 valence electrons. The van der Waals surface area contributed by atoms with Crippen LogP contribution < -0.4 is 5.73 Å². The van der Waals surface area contributed by atoms with Gasteiger partial charge in [0.05, 0.1) is 6.04 Å². The van der Waals surface area contributed by atoms with Gasteiger partial charge in [-0.05, 0) is 68.0 Å². The zero-order valence-corrected chi connectivity index (χ0v) is 13.0. The Kier molecular flexibility index (Phi) is 6.08. The first-order chi connectivity index (χ1) is 8.50. The zero-order chi connectivity index (χ0) is 15.1. The number of aliphatic hydroxyl groups is 1. The molecule has 0 aliphatic carbocycles. The highest BCUT2D eigenvalue weighted by Crippen LogP contribution is 2.35. The van der Waals surface area contributed by atoms with Crippen LogP contribution in [0.2, 0.25) is 0 Å². The molecule has 3 N–H and O–H groups in total. The van der Waals surface area contributed by atoms with E-state index in [4.69, 9.17) is 5.73 Å². The van der Waals surface area contributed by atoms with Gasteiger partial charge in [-0.1, -0.05) is 0 Å². The predicted octanol–water partition coefficient (Wildman–Crippen LogP) is 3.57. The smallest absolute Gasteiger partial charge is 0.382 e. The molecule has 0 aliphatic heterocycles. The van der Waals surface area contributed by atoms with Crippen molar-refractivity contribution >= 4 is 12.4 Å². The van der Waals surface area contributed by atoms with E-state index in [1.807, 2.05) is 20.8 Å². The number of aliphatic hydroxyl groups excluding tert-OH is 1. The van der Waals surface area contributed by atoms with E-state index < -0.39 is 18.3 Å². The van der Waals surface area contributed by atoms with Crippen LogP contribution in [0.15, 0.2) is 0 Å². The Morgan fingerprint density at radius 1 is 0.850 bits per heavy atom. The Morgan fingerprint density at radius 2 is 1.15 bits per heavy atom. The molecule has 0 saturated carbocycles. The third-order valence-corrected chi connectivity index (χ3v) is 4.07. The van der Waals surface area contributed by atoms with Crippen molar-refractivity contribution in [3.05, 3.63) is 33.4 Å². The quantitative estimate of drug-likeness (QED) is 0.877. The molecule has 1 rings (SSSR count). The average Bonchev–Trinajstić information content (AvgIpc) is 2.31. The highest BCUT2D eigenvalue weighted by molar-refractivity contribution is 5.85. The number of halogens is 4. The second-order valence-corrected chi connectivity index (χ2v) is 5.05. The molecular weight excluding hydrogens is 291 g/mol. The Bertz CT molecular complexity index is 471. The normalized spacial score (nSPS) is 14.7. The molecule has 0 heterocycles. The minimum atomic E-state index is -4.72. The topological polar surface area (TPSA) is 46.2 Å². The minimum Gasteiger partial charge on any atom is -0.382 e. The lowest BCUT2D eigenvalue weighted by atomic mass is 9.85. The third-order valence-electron chi connectivity index (χ3n) is 4.07. The number of nitrogens with two attached hydrogens (primary N) is 1. The summed E-state index contributed by atoms with van der Waals surface area (Å²) >= 11 is 0. The summed E-state index contributed by atoms with van der Waals surface area (Å²) < 4.78 is 37.8. The number of hydrogen-bond acceptors (Lipinski definition) is 2. The van der Waals surface area contributed by atoms with Gasteiger partial charge < -0.3 is 10.8 Å².